The van der Waals surface area contributed by atoms with Crippen LogP contribution in [0.5, 0.6) is 5.75 Å². The average Bonchev–Trinajstić information content (AvgIpc) is 2.67. The Morgan fingerprint density at radius 3 is 2.62 bits per heavy atom. The van der Waals surface area contributed by atoms with Gasteiger partial charge in [0.05, 0.1) is 13.2 Å². The van der Waals surface area contributed by atoms with Gasteiger partial charge in [0.25, 0.3) is 0 Å². The van der Waals surface area contributed by atoms with Crippen LogP contribution in [0.25, 0.3) is 0 Å². The number of amides is 1. The number of aliphatic hydroxyl groups excluding tert-OH is 1. The van der Waals surface area contributed by atoms with Gasteiger partial charge < -0.3 is 19.9 Å². The number of carbonyl (C=O) groups excluding carboxylic acids is 2. The molecule has 0 bridgehead atoms. The van der Waals surface area contributed by atoms with Crippen LogP contribution in [0.15, 0.2) is 18.2 Å². The predicted molar refractivity (Wildman–Crippen MR) is 98.5 cm³/mol. The van der Waals surface area contributed by atoms with Crippen LogP contribution >= 0.6 is 0 Å². The summed E-state index contributed by atoms with van der Waals surface area (Å²) in [5, 5.41) is 12.5. The molecular weight excluding hydrogens is 334 g/mol. The number of benzene rings is 1. The van der Waals surface area contributed by atoms with Gasteiger partial charge in [0.1, 0.15) is 5.75 Å². The zero-order valence-corrected chi connectivity index (χ0v) is 15.7. The molecule has 1 aliphatic rings. The fourth-order valence-corrected chi connectivity index (χ4v) is 3.08. The number of aryl methyl sites for hydroxylation is 1. The van der Waals surface area contributed by atoms with Gasteiger partial charge in [-0.1, -0.05) is 0 Å². The molecule has 1 amide bonds. The van der Waals surface area contributed by atoms with E-state index < -0.39 is 0 Å². The van der Waals surface area contributed by atoms with E-state index in [1.165, 1.54) is 0 Å². The first-order valence-corrected chi connectivity index (χ1v) is 9.21. The van der Waals surface area contributed by atoms with E-state index in [4.69, 9.17) is 9.47 Å². The number of ether oxygens (including phenoxy) is 2. The van der Waals surface area contributed by atoms with Crippen LogP contribution < -0.4 is 10.1 Å². The zero-order chi connectivity index (χ0) is 19.0. The third-order valence-electron chi connectivity index (χ3n) is 4.93. The van der Waals surface area contributed by atoms with Crippen molar-refractivity contribution in [2.45, 2.75) is 39.5 Å². The second-order valence-corrected chi connectivity index (χ2v) is 6.88. The standard InChI is InChI=1S/C20H29NO5/c1-3-26-18-6-4-16(12-15(18)2)17(23)5-7-19(24)21-13-20(14-22)8-10-25-11-9-20/h4,6,12,22H,3,5,7-11,13-14H2,1-2H3,(H,21,24). The number of nitrogens with one attached hydrogen (secondary N) is 1. The predicted octanol–water partition coefficient (Wildman–Crippen LogP) is 2.26. The molecule has 0 aromatic heterocycles. The summed E-state index contributed by atoms with van der Waals surface area (Å²) in [4.78, 5) is 24.4. The fraction of sp³-hybridized carbons (Fsp3) is 0.600. The molecule has 1 fully saturated rings. The maximum absolute atomic E-state index is 12.3. The van der Waals surface area contributed by atoms with Gasteiger partial charge in [0.2, 0.25) is 5.91 Å². The lowest BCUT2D eigenvalue weighted by atomic mass is 9.81. The van der Waals surface area contributed by atoms with Gasteiger partial charge in [-0.3, -0.25) is 9.59 Å². The number of aliphatic hydroxyl groups is 1. The van der Waals surface area contributed by atoms with Crippen LogP contribution in [0.2, 0.25) is 0 Å². The van der Waals surface area contributed by atoms with E-state index in [9.17, 15) is 14.7 Å². The van der Waals surface area contributed by atoms with Crippen LogP contribution in [0.3, 0.4) is 0 Å². The molecule has 1 heterocycles. The van der Waals surface area contributed by atoms with Crippen molar-refractivity contribution in [3.05, 3.63) is 29.3 Å². The molecule has 1 aromatic rings. The molecule has 2 rings (SSSR count). The highest BCUT2D eigenvalue weighted by Crippen LogP contribution is 2.29. The lowest BCUT2D eigenvalue weighted by Gasteiger charge is -2.35. The Balaban J connectivity index is 1.81. The quantitative estimate of drug-likeness (QED) is 0.658. The molecule has 6 nitrogen and oxygen atoms in total. The molecule has 144 valence electrons. The number of ketones is 1. The Morgan fingerprint density at radius 1 is 1.27 bits per heavy atom. The first kappa shape index (κ1) is 20.4. The Hall–Kier alpha value is -1.92. The van der Waals surface area contributed by atoms with Crippen molar-refractivity contribution in [1.29, 1.82) is 0 Å². The highest BCUT2D eigenvalue weighted by molar-refractivity contribution is 5.98. The Labute approximate surface area is 154 Å². The summed E-state index contributed by atoms with van der Waals surface area (Å²) < 4.78 is 10.8. The van der Waals surface area contributed by atoms with Gasteiger partial charge in [0, 0.05) is 43.6 Å². The summed E-state index contributed by atoms with van der Waals surface area (Å²) in [5.41, 5.74) is 1.20. The smallest absolute Gasteiger partial charge is 0.220 e. The molecule has 1 saturated heterocycles. The molecule has 0 spiro atoms. The third kappa shape index (κ3) is 5.54. The largest absolute Gasteiger partial charge is 0.494 e. The van der Waals surface area contributed by atoms with Crippen molar-refractivity contribution in [1.82, 2.24) is 5.32 Å². The van der Waals surface area contributed by atoms with Gasteiger partial charge in [0.15, 0.2) is 5.78 Å². The highest BCUT2D eigenvalue weighted by Gasteiger charge is 2.32. The minimum Gasteiger partial charge on any atom is -0.494 e. The number of hydrogen-bond acceptors (Lipinski definition) is 5. The van der Waals surface area contributed by atoms with Crippen molar-refractivity contribution in [3.8, 4) is 5.75 Å². The van der Waals surface area contributed by atoms with E-state index >= 15 is 0 Å². The summed E-state index contributed by atoms with van der Waals surface area (Å²) in [6, 6.07) is 5.33. The number of carbonyl (C=O) groups is 2. The van der Waals surface area contributed by atoms with Gasteiger partial charge >= 0.3 is 0 Å². The maximum atomic E-state index is 12.3. The van der Waals surface area contributed by atoms with Gasteiger partial charge in [-0.2, -0.15) is 0 Å². The summed E-state index contributed by atoms with van der Waals surface area (Å²) >= 11 is 0. The van der Waals surface area contributed by atoms with Crippen LogP contribution in [-0.2, 0) is 9.53 Å². The summed E-state index contributed by atoms with van der Waals surface area (Å²) in [6.45, 7) is 6.05. The van der Waals surface area contributed by atoms with E-state index in [-0.39, 0.29) is 36.6 Å². The molecule has 1 aromatic carbocycles. The molecule has 0 atom stereocenters. The SMILES string of the molecule is CCOc1ccc(C(=O)CCC(=O)NCC2(CO)CCOCC2)cc1C. The second-order valence-electron chi connectivity index (χ2n) is 6.88. The van der Waals surface area contributed by atoms with Crippen molar-refractivity contribution in [3.63, 3.8) is 0 Å². The fourth-order valence-electron chi connectivity index (χ4n) is 3.08. The molecule has 6 heteroatoms. The van der Waals surface area contributed by atoms with E-state index in [2.05, 4.69) is 5.32 Å². The van der Waals surface area contributed by atoms with Gasteiger partial charge in [-0.05, 0) is 50.5 Å². The number of Topliss-reactive ketones (excluding diaryl/α,β-unsaturated/α-hetero) is 1. The molecular formula is C20H29NO5. The molecule has 2 N–H and O–H groups in total. The van der Waals surface area contributed by atoms with E-state index in [0.29, 0.717) is 31.9 Å². The molecule has 26 heavy (non-hydrogen) atoms. The van der Waals surface area contributed by atoms with Crippen molar-refractivity contribution < 1.29 is 24.2 Å². The average molecular weight is 363 g/mol. The van der Waals surface area contributed by atoms with Crippen LogP contribution in [0.1, 0.15) is 48.5 Å². The molecule has 0 saturated carbocycles. The first-order valence-electron chi connectivity index (χ1n) is 9.21. The molecule has 0 aliphatic carbocycles. The maximum Gasteiger partial charge on any atom is 0.220 e. The van der Waals surface area contributed by atoms with Crippen LogP contribution in [-0.4, -0.2) is 49.8 Å². The van der Waals surface area contributed by atoms with Crippen molar-refractivity contribution >= 4 is 11.7 Å². The number of hydrogen-bond donors (Lipinski definition) is 2. The van der Waals surface area contributed by atoms with Crippen molar-refractivity contribution in [2.75, 3.05) is 33.0 Å². The van der Waals surface area contributed by atoms with E-state index in [1.54, 1.807) is 18.2 Å². The lowest BCUT2D eigenvalue weighted by Crippen LogP contribution is -2.43. The minimum absolute atomic E-state index is 0.0288. The highest BCUT2D eigenvalue weighted by atomic mass is 16.5. The van der Waals surface area contributed by atoms with Gasteiger partial charge in [-0.15, -0.1) is 0 Å². The molecule has 0 unspecified atom stereocenters. The minimum atomic E-state index is -0.301. The number of rotatable bonds is 9. The van der Waals surface area contributed by atoms with Crippen LogP contribution in [0.4, 0.5) is 0 Å². The Bertz CT molecular complexity index is 623. The normalized spacial score (nSPS) is 16.1. The summed E-state index contributed by atoms with van der Waals surface area (Å²) in [7, 11) is 0. The summed E-state index contributed by atoms with van der Waals surface area (Å²) in [6.07, 6.45) is 1.76. The Kier molecular flexibility index (Phi) is 7.60. The van der Waals surface area contributed by atoms with Crippen molar-refractivity contribution in [2.24, 2.45) is 5.41 Å². The lowest BCUT2D eigenvalue weighted by molar-refractivity contribution is -0.122. The molecule has 1 aliphatic heterocycles. The second kappa shape index (κ2) is 9.69. The Morgan fingerprint density at radius 2 is 2.00 bits per heavy atom. The topological polar surface area (TPSA) is 84.9 Å². The van der Waals surface area contributed by atoms with E-state index in [0.717, 1.165) is 24.2 Å². The summed E-state index contributed by atoms with van der Waals surface area (Å²) in [5.74, 6) is 0.544. The monoisotopic (exact) mass is 363 g/mol. The third-order valence-corrected chi connectivity index (χ3v) is 4.93. The van der Waals surface area contributed by atoms with Gasteiger partial charge in [-0.25, -0.2) is 0 Å². The molecule has 0 radical (unpaired) electrons. The first-order chi connectivity index (χ1) is 12.5. The zero-order valence-electron chi connectivity index (χ0n) is 15.7. The van der Waals surface area contributed by atoms with E-state index in [1.807, 2.05) is 13.8 Å². The van der Waals surface area contributed by atoms with Crippen LogP contribution in [0, 0.1) is 12.3 Å².